The molecule has 0 atom stereocenters. The van der Waals surface area contributed by atoms with E-state index in [-0.39, 0.29) is 18.3 Å². The zero-order chi connectivity index (χ0) is 17.4. The lowest BCUT2D eigenvalue weighted by Gasteiger charge is -2.11. The van der Waals surface area contributed by atoms with Gasteiger partial charge in [-0.2, -0.15) is 0 Å². The molecule has 0 saturated carbocycles. The Morgan fingerprint density at radius 2 is 1.96 bits per heavy atom. The molecule has 0 heterocycles. The topological polar surface area (TPSA) is 73.6 Å². The molecule has 2 aromatic rings. The fraction of sp³-hybridized carbons (Fsp3) is 0.316. The molecule has 0 spiro atoms. The molecule has 1 amide bonds. The van der Waals surface area contributed by atoms with E-state index in [0.717, 1.165) is 29.9 Å². The summed E-state index contributed by atoms with van der Waals surface area (Å²) < 4.78 is 10.9. The molecule has 0 aliphatic rings. The van der Waals surface area contributed by atoms with Crippen molar-refractivity contribution >= 4 is 24.0 Å². The molecule has 0 unspecified atom stereocenters. The molecular formula is C19H25ClN2O3. The second kappa shape index (κ2) is 10.5. The smallest absolute Gasteiger partial charge is 0.251 e. The van der Waals surface area contributed by atoms with Crippen molar-refractivity contribution in [3.63, 3.8) is 0 Å². The molecule has 0 saturated heterocycles. The Bertz CT molecular complexity index is 692. The number of nitrogen functional groups attached to an aromatic ring is 1. The highest BCUT2D eigenvalue weighted by Crippen LogP contribution is 2.28. The van der Waals surface area contributed by atoms with Gasteiger partial charge in [-0.05, 0) is 55.7 Å². The minimum absolute atomic E-state index is 0. The third kappa shape index (κ3) is 6.19. The number of halogens is 1. The molecule has 5 nitrogen and oxygen atoms in total. The van der Waals surface area contributed by atoms with Crippen molar-refractivity contribution in [1.29, 1.82) is 0 Å². The Labute approximate surface area is 154 Å². The Kier molecular flexibility index (Phi) is 8.64. The predicted molar refractivity (Wildman–Crippen MR) is 103 cm³/mol. The van der Waals surface area contributed by atoms with Crippen LogP contribution in [0.3, 0.4) is 0 Å². The highest BCUT2D eigenvalue weighted by molar-refractivity contribution is 5.94. The fourth-order valence-electron chi connectivity index (χ4n) is 2.42. The van der Waals surface area contributed by atoms with E-state index in [4.69, 9.17) is 15.2 Å². The number of anilines is 1. The SMILES string of the molecule is CCOc1cc(CCCNC(=O)c2cccc(N)c2)ccc1OC.Cl. The minimum Gasteiger partial charge on any atom is -0.493 e. The van der Waals surface area contributed by atoms with Crippen LogP contribution in [0.5, 0.6) is 11.5 Å². The maximum Gasteiger partial charge on any atom is 0.251 e. The average molecular weight is 365 g/mol. The van der Waals surface area contributed by atoms with Gasteiger partial charge >= 0.3 is 0 Å². The van der Waals surface area contributed by atoms with Gasteiger partial charge in [0.25, 0.3) is 5.91 Å². The molecule has 25 heavy (non-hydrogen) atoms. The number of aryl methyl sites for hydroxylation is 1. The van der Waals surface area contributed by atoms with E-state index in [2.05, 4.69) is 5.32 Å². The summed E-state index contributed by atoms with van der Waals surface area (Å²) in [5, 5.41) is 2.91. The molecule has 6 heteroatoms. The fourth-order valence-corrected chi connectivity index (χ4v) is 2.42. The molecule has 2 aromatic carbocycles. The Hall–Kier alpha value is -2.40. The summed E-state index contributed by atoms with van der Waals surface area (Å²) in [7, 11) is 1.63. The lowest BCUT2D eigenvalue weighted by Crippen LogP contribution is -2.24. The number of hydrogen-bond donors (Lipinski definition) is 2. The van der Waals surface area contributed by atoms with Crippen LogP contribution in [0.1, 0.15) is 29.3 Å². The molecule has 2 rings (SSSR count). The van der Waals surface area contributed by atoms with Crippen LogP contribution in [-0.4, -0.2) is 26.2 Å². The number of methoxy groups -OCH3 is 1. The molecule has 136 valence electrons. The second-order valence-electron chi connectivity index (χ2n) is 5.40. The van der Waals surface area contributed by atoms with Gasteiger partial charge < -0.3 is 20.5 Å². The molecule has 0 aromatic heterocycles. The minimum atomic E-state index is -0.105. The number of amides is 1. The first-order valence-corrected chi connectivity index (χ1v) is 8.07. The first kappa shape index (κ1) is 20.6. The lowest BCUT2D eigenvalue weighted by molar-refractivity contribution is 0.0953. The van der Waals surface area contributed by atoms with Crippen LogP contribution < -0.4 is 20.5 Å². The monoisotopic (exact) mass is 364 g/mol. The number of benzene rings is 2. The summed E-state index contributed by atoms with van der Waals surface area (Å²) in [6.07, 6.45) is 1.69. The zero-order valence-corrected chi connectivity index (χ0v) is 15.4. The number of nitrogens with two attached hydrogens (primary N) is 1. The van der Waals surface area contributed by atoms with Gasteiger partial charge in [-0.1, -0.05) is 12.1 Å². The normalized spacial score (nSPS) is 9.84. The number of carbonyl (C=O) groups is 1. The van der Waals surface area contributed by atoms with Crippen molar-refractivity contribution in [2.75, 3.05) is 26.0 Å². The highest BCUT2D eigenvalue weighted by Gasteiger charge is 2.07. The van der Waals surface area contributed by atoms with Crippen LogP contribution in [-0.2, 0) is 6.42 Å². The summed E-state index contributed by atoms with van der Waals surface area (Å²) in [5.41, 5.74) is 8.01. The van der Waals surface area contributed by atoms with Gasteiger partial charge in [-0.3, -0.25) is 4.79 Å². The zero-order valence-electron chi connectivity index (χ0n) is 14.6. The van der Waals surface area contributed by atoms with Crippen molar-refractivity contribution in [2.24, 2.45) is 0 Å². The molecule has 3 N–H and O–H groups in total. The van der Waals surface area contributed by atoms with Crippen LogP contribution in [0.4, 0.5) is 5.69 Å². The van der Waals surface area contributed by atoms with Crippen LogP contribution in [0.2, 0.25) is 0 Å². The van der Waals surface area contributed by atoms with E-state index in [0.29, 0.717) is 24.4 Å². The number of rotatable bonds is 8. The van der Waals surface area contributed by atoms with Crippen molar-refractivity contribution in [3.05, 3.63) is 53.6 Å². The third-order valence-electron chi connectivity index (χ3n) is 3.60. The Morgan fingerprint density at radius 1 is 1.16 bits per heavy atom. The summed E-state index contributed by atoms with van der Waals surface area (Å²) in [4.78, 5) is 12.0. The summed E-state index contributed by atoms with van der Waals surface area (Å²) >= 11 is 0. The van der Waals surface area contributed by atoms with Gasteiger partial charge in [0.15, 0.2) is 11.5 Å². The molecular weight excluding hydrogens is 340 g/mol. The average Bonchev–Trinajstić information content (AvgIpc) is 2.59. The molecule has 0 aliphatic heterocycles. The molecule has 0 radical (unpaired) electrons. The maximum absolute atomic E-state index is 12.0. The van der Waals surface area contributed by atoms with Gasteiger partial charge in [0.1, 0.15) is 0 Å². The van der Waals surface area contributed by atoms with Crippen LogP contribution >= 0.6 is 12.4 Å². The molecule has 0 aliphatic carbocycles. The van der Waals surface area contributed by atoms with Gasteiger partial charge in [0.2, 0.25) is 0 Å². The quantitative estimate of drug-likeness (QED) is 0.555. The molecule has 0 bridgehead atoms. The third-order valence-corrected chi connectivity index (χ3v) is 3.60. The van der Waals surface area contributed by atoms with Gasteiger partial charge in [-0.25, -0.2) is 0 Å². The van der Waals surface area contributed by atoms with Crippen molar-refractivity contribution in [2.45, 2.75) is 19.8 Å². The van der Waals surface area contributed by atoms with Crippen molar-refractivity contribution < 1.29 is 14.3 Å². The standard InChI is InChI=1S/C19H24N2O3.ClH/c1-3-24-18-12-14(9-10-17(18)23-2)6-5-11-21-19(22)15-7-4-8-16(20)13-15;/h4,7-10,12-13H,3,5-6,11,20H2,1-2H3,(H,21,22);1H. The maximum atomic E-state index is 12.0. The first-order valence-electron chi connectivity index (χ1n) is 8.07. The van der Waals surface area contributed by atoms with Crippen LogP contribution in [0.25, 0.3) is 0 Å². The summed E-state index contributed by atoms with van der Waals surface area (Å²) in [6.45, 7) is 3.14. The van der Waals surface area contributed by atoms with E-state index >= 15 is 0 Å². The Morgan fingerprint density at radius 3 is 2.64 bits per heavy atom. The largest absolute Gasteiger partial charge is 0.493 e. The number of carbonyl (C=O) groups excluding carboxylic acids is 1. The van der Waals surface area contributed by atoms with Gasteiger partial charge in [0, 0.05) is 17.8 Å². The van der Waals surface area contributed by atoms with Gasteiger partial charge in [0.05, 0.1) is 13.7 Å². The first-order chi connectivity index (χ1) is 11.6. The van der Waals surface area contributed by atoms with E-state index in [1.54, 1.807) is 31.4 Å². The molecule has 0 fully saturated rings. The van der Waals surface area contributed by atoms with E-state index < -0.39 is 0 Å². The second-order valence-corrected chi connectivity index (χ2v) is 5.40. The number of nitrogens with one attached hydrogen (secondary N) is 1. The lowest BCUT2D eigenvalue weighted by atomic mass is 10.1. The van der Waals surface area contributed by atoms with Gasteiger partial charge in [-0.15, -0.1) is 12.4 Å². The predicted octanol–water partition coefficient (Wildman–Crippen LogP) is 3.46. The number of hydrogen-bond acceptors (Lipinski definition) is 4. The van der Waals surface area contributed by atoms with E-state index in [1.807, 2.05) is 25.1 Å². The summed E-state index contributed by atoms with van der Waals surface area (Å²) in [5.74, 6) is 1.38. The van der Waals surface area contributed by atoms with E-state index in [1.165, 1.54) is 0 Å². The van der Waals surface area contributed by atoms with Crippen molar-refractivity contribution in [3.8, 4) is 11.5 Å². The summed E-state index contributed by atoms with van der Waals surface area (Å²) in [6, 6.07) is 12.9. The van der Waals surface area contributed by atoms with Crippen LogP contribution in [0.15, 0.2) is 42.5 Å². The van der Waals surface area contributed by atoms with E-state index in [9.17, 15) is 4.79 Å². The number of ether oxygens (including phenoxy) is 2. The highest BCUT2D eigenvalue weighted by atomic mass is 35.5. The van der Waals surface area contributed by atoms with Crippen molar-refractivity contribution in [1.82, 2.24) is 5.32 Å². The Balaban J connectivity index is 0.00000312. The van der Waals surface area contributed by atoms with Crippen LogP contribution in [0, 0.1) is 0 Å².